The van der Waals surface area contributed by atoms with Crippen LogP contribution in [-0.4, -0.2) is 36.1 Å². The van der Waals surface area contributed by atoms with Gasteiger partial charge in [-0.05, 0) is 6.92 Å². The zero-order chi connectivity index (χ0) is 8.97. The van der Waals surface area contributed by atoms with Crippen molar-refractivity contribution in [3.05, 3.63) is 0 Å². The third kappa shape index (κ3) is 1.94. The van der Waals surface area contributed by atoms with E-state index in [4.69, 9.17) is 9.94 Å². The lowest BCUT2D eigenvalue weighted by Gasteiger charge is -2.00. The van der Waals surface area contributed by atoms with E-state index in [1.54, 1.807) is 6.92 Å². The first-order valence-electron chi connectivity index (χ1n) is 3.78. The molecule has 0 aromatic heterocycles. The van der Waals surface area contributed by atoms with Gasteiger partial charge in [0.25, 0.3) is 0 Å². The highest BCUT2D eigenvalue weighted by atomic mass is 16.7. The van der Waals surface area contributed by atoms with Crippen molar-refractivity contribution in [2.24, 2.45) is 5.16 Å². The fraction of sp³-hybridized carbons (Fsp3) is 0.714. The van der Waals surface area contributed by atoms with Crippen LogP contribution in [0.4, 0.5) is 0 Å². The molecule has 0 amide bonds. The van der Waals surface area contributed by atoms with E-state index >= 15 is 0 Å². The van der Waals surface area contributed by atoms with Crippen molar-refractivity contribution in [3.8, 4) is 0 Å². The summed E-state index contributed by atoms with van der Waals surface area (Å²) < 4.78 is 4.69. The van der Waals surface area contributed by atoms with Gasteiger partial charge in [-0.2, -0.15) is 0 Å². The summed E-state index contributed by atoms with van der Waals surface area (Å²) >= 11 is 0. The number of aliphatic hydroxyl groups is 1. The number of carbonyl (C=O) groups excluding carboxylic acids is 1. The summed E-state index contributed by atoms with van der Waals surface area (Å²) in [4.78, 5) is 15.7. The summed E-state index contributed by atoms with van der Waals surface area (Å²) in [5.41, 5.74) is 0.246. The van der Waals surface area contributed by atoms with Gasteiger partial charge in [0.15, 0.2) is 11.8 Å². The van der Waals surface area contributed by atoms with E-state index in [2.05, 4.69) is 9.89 Å². The molecular formula is C7H11NO4. The topological polar surface area (TPSA) is 68.1 Å². The van der Waals surface area contributed by atoms with Crippen LogP contribution < -0.4 is 0 Å². The number of carbonyl (C=O) groups is 1. The van der Waals surface area contributed by atoms with Crippen LogP contribution in [0.5, 0.6) is 0 Å². The van der Waals surface area contributed by atoms with Crippen molar-refractivity contribution in [2.75, 3.05) is 13.2 Å². The Kier molecular flexibility index (Phi) is 3.04. The summed E-state index contributed by atoms with van der Waals surface area (Å²) in [7, 11) is 0. The van der Waals surface area contributed by atoms with Gasteiger partial charge in [-0.1, -0.05) is 5.16 Å². The first-order valence-corrected chi connectivity index (χ1v) is 3.78. The van der Waals surface area contributed by atoms with Crippen molar-refractivity contribution in [2.45, 2.75) is 19.4 Å². The second kappa shape index (κ2) is 4.06. The molecule has 0 radical (unpaired) electrons. The monoisotopic (exact) mass is 173 g/mol. The zero-order valence-corrected chi connectivity index (χ0v) is 6.82. The van der Waals surface area contributed by atoms with Crippen LogP contribution in [-0.2, 0) is 14.4 Å². The first-order chi connectivity index (χ1) is 5.77. The lowest BCUT2D eigenvalue weighted by molar-refractivity contribution is -0.135. The molecule has 68 valence electrons. The molecular weight excluding hydrogens is 162 g/mol. The number of oxime groups is 1. The van der Waals surface area contributed by atoms with Crippen LogP contribution in [0.15, 0.2) is 5.16 Å². The minimum absolute atomic E-state index is 0.133. The molecule has 1 aliphatic rings. The van der Waals surface area contributed by atoms with E-state index in [9.17, 15) is 4.79 Å². The molecule has 5 nitrogen and oxygen atoms in total. The standard InChI is InChI=1S/C7H11NO4/c1-2-11-7(10)6-3-5(4-9)12-8-6/h5,9H,2-4H2,1H3/t5-/m1/s1. The van der Waals surface area contributed by atoms with Gasteiger partial charge >= 0.3 is 5.97 Å². The SMILES string of the molecule is CCOC(=O)C1=NO[C@@H](CO)C1. The second-order valence-corrected chi connectivity index (χ2v) is 2.37. The summed E-state index contributed by atoms with van der Waals surface area (Å²) in [6.07, 6.45) is -0.0561. The highest BCUT2D eigenvalue weighted by molar-refractivity contribution is 6.36. The highest BCUT2D eigenvalue weighted by Crippen LogP contribution is 2.10. The molecule has 0 aliphatic carbocycles. The van der Waals surface area contributed by atoms with Crippen LogP contribution in [0.2, 0.25) is 0 Å². The predicted octanol–water partition coefficient (Wildman–Crippen LogP) is -0.313. The van der Waals surface area contributed by atoms with Crippen LogP contribution in [0.3, 0.4) is 0 Å². The Morgan fingerprint density at radius 2 is 2.67 bits per heavy atom. The molecule has 0 aromatic carbocycles. The molecule has 0 spiro atoms. The largest absolute Gasteiger partial charge is 0.461 e. The quantitative estimate of drug-likeness (QED) is 0.594. The lowest BCUT2D eigenvalue weighted by Crippen LogP contribution is -2.19. The maximum absolute atomic E-state index is 11.0. The van der Waals surface area contributed by atoms with Gasteiger partial charge in [-0.3, -0.25) is 0 Å². The molecule has 1 N–H and O–H groups in total. The number of esters is 1. The fourth-order valence-corrected chi connectivity index (χ4v) is 0.861. The first kappa shape index (κ1) is 8.99. The molecule has 5 heteroatoms. The van der Waals surface area contributed by atoms with Gasteiger partial charge in [-0.25, -0.2) is 4.79 Å². The van der Waals surface area contributed by atoms with E-state index in [1.165, 1.54) is 0 Å². The molecule has 1 aliphatic heterocycles. The van der Waals surface area contributed by atoms with Crippen LogP contribution in [0.25, 0.3) is 0 Å². The molecule has 0 fully saturated rings. The number of ether oxygens (including phenoxy) is 1. The van der Waals surface area contributed by atoms with Crippen LogP contribution in [0.1, 0.15) is 13.3 Å². The van der Waals surface area contributed by atoms with Crippen molar-refractivity contribution < 1.29 is 19.5 Å². The minimum Gasteiger partial charge on any atom is -0.461 e. The third-order valence-corrected chi connectivity index (χ3v) is 1.45. The van der Waals surface area contributed by atoms with Gasteiger partial charge in [0.1, 0.15) is 0 Å². The average molecular weight is 173 g/mol. The number of hydrogen-bond acceptors (Lipinski definition) is 5. The van der Waals surface area contributed by atoms with E-state index in [1.807, 2.05) is 0 Å². The maximum atomic E-state index is 11.0. The second-order valence-electron chi connectivity index (χ2n) is 2.37. The molecule has 1 atom stereocenters. The molecule has 0 unspecified atom stereocenters. The molecule has 12 heavy (non-hydrogen) atoms. The van der Waals surface area contributed by atoms with Gasteiger partial charge in [0.2, 0.25) is 0 Å². The molecule has 0 saturated heterocycles. The summed E-state index contributed by atoms with van der Waals surface area (Å²) in [5.74, 6) is -0.464. The van der Waals surface area contributed by atoms with Gasteiger partial charge in [0, 0.05) is 6.42 Å². The van der Waals surface area contributed by atoms with Crippen molar-refractivity contribution in [3.63, 3.8) is 0 Å². The van der Waals surface area contributed by atoms with Crippen molar-refractivity contribution >= 4 is 11.7 Å². The van der Waals surface area contributed by atoms with Crippen LogP contribution >= 0.6 is 0 Å². The van der Waals surface area contributed by atoms with Gasteiger partial charge < -0.3 is 14.7 Å². The minimum atomic E-state index is -0.464. The normalized spacial score (nSPS) is 21.5. The van der Waals surface area contributed by atoms with Crippen molar-refractivity contribution in [1.82, 2.24) is 0 Å². The van der Waals surface area contributed by atoms with Gasteiger partial charge in [-0.15, -0.1) is 0 Å². The number of aliphatic hydroxyl groups excluding tert-OH is 1. The van der Waals surface area contributed by atoms with Crippen LogP contribution in [0, 0.1) is 0 Å². The van der Waals surface area contributed by atoms with E-state index < -0.39 is 5.97 Å². The Labute approximate surface area is 70.0 Å². The Morgan fingerprint density at radius 1 is 1.92 bits per heavy atom. The maximum Gasteiger partial charge on any atom is 0.356 e. The van der Waals surface area contributed by atoms with E-state index in [0.717, 1.165) is 0 Å². The Bertz CT molecular complexity index is 202. The smallest absolute Gasteiger partial charge is 0.356 e. The Balaban J connectivity index is 2.40. The predicted molar refractivity (Wildman–Crippen MR) is 40.6 cm³/mol. The molecule has 1 rings (SSSR count). The number of rotatable bonds is 3. The molecule has 0 aromatic rings. The summed E-state index contributed by atoms with van der Waals surface area (Å²) in [6, 6.07) is 0. The zero-order valence-electron chi connectivity index (χ0n) is 6.82. The highest BCUT2D eigenvalue weighted by Gasteiger charge is 2.26. The Morgan fingerprint density at radius 3 is 3.17 bits per heavy atom. The third-order valence-electron chi connectivity index (χ3n) is 1.45. The molecule has 0 saturated carbocycles. The van der Waals surface area contributed by atoms with E-state index in [0.29, 0.717) is 13.0 Å². The van der Waals surface area contributed by atoms with Gasteiger partial charge in [0.05, 0.1) is 13.2 Å². The molecule has 1 heterocycles. The summed E-state index contributed by atoms with van der Waals surface area (Å²) in [6.45, 7) is 1.91. The molecule has 0 bridgehead atoms. The number of hydrogen-bond donors (Lipinski definition) is 1. The van der Waals surface area contributed by atoms with E-state index in [-0.39, 0.29) is 18.4 Å². The Hall–Kier alpha value is -1.10. The summed E-state index contributed by atoms with van der Waals surface area (Å²) in [5, 5.41) is 12.1. The van der Waals surface area contributed by atoms with Crippen molar-refractivity contribution in [1.29, 1.82) is 0 Å². The fourth-order valence-electron chi connectivity index (χ4n) is 0.861. The average Bonchev–Trinajstić information content (AvgIpc) is 2.52. The lowest BCUT2D eigenvalue weighted by atomic mass is 10.2. The number of nitrogens with zero attached hydrogens (tertiary/aromatic N) is 1.